The van der Waals surface area contributed by atoms with Crippen LogP contribution in [0.15, 0.2) is 0 Å². The van der Waals surface area contributed by atoms with Gasteiger partial charge in [0.2, 0.25) is 11.8 Å². The first-order valence-corrected chi connectivity index (χ1v) is 5.37. The number of nitrogens with one attached hydrogen (secondary N) is 3. The zero-order chi connectivity index (χ0) is 11.3. The van der Waals surface area contributed by atoms with Gasteiger partial charge in [-0.2, -0.15) is 0 Å². The van der Waals surface area contributed by atoms with E-state index in [4.69, 9.17) is 0 Å². The van der Waals surface area contributed by atoms with Crippen molar-refractivity contribution in [1.82, 2.24) is 16.0 Å². The van der Waals surface area contributed by atoms with Crippen molar-refractivity contribution < 1.29 is 9.59 Å². The van der Waals surface area contributed by atoms with Crippen LogP contribution in [-0.2, 0) is 9.59 Å². The molecule has 1 rings (SSSR count). The highest BCUT2D eigenvalue weighted by molar-refractivity contribution is 5.81. The van der Waals surface area contributed by atoms with Gasteiger partial charge < -0.3 is 16.0 Å². The van der Waals surface area contributed by atoms with Crippen LogP contribution in [0.2, 0.25) is 0 Å². The molecule has 0 unspecified atom stereocenters. The molecule has 0 radical (unpaired) electrons. The minimum absolute atomic E-state index is 0.0166. The molecule has 0 aromatic heterocycles. The molecule has 0 saturated carbocycles. The minimum Gasteiger partial charge on any atom is -0.355 e. The first-order chi connectivity index (χ1) is 7.09. The van der Waals surface area contributed by atoms with Gasteiger partial charge >= 0.3 is 0 Å². The number of hydrogen-bond donors (Lipinski definition) is 3. The van der Waals surface area contributed by atoms with E-state index >= 15 is 0 Å². The van der Waals surface area contributed by atoms with Gasteiger partial charge in [-0.3, -0.25) is 9.59 Å². The molecule has 86 valence electrons. The third-order valence-corrected chi connectivity index (χ3v) is 2.25. The van der Waals surface area contributed by atoms with Gasteiger partial charge in [-0.25, -0.2) is 0 Å². The Morgan fingerprint density at radius 1 is 1.40 bits per heavy atom. The van der Waals surface area contributed by atoms with Gasteiger partial charge in [-0.15, -0.1) is 0 Å². The molecule has 1 saturated heterocycles. The van der Waals surface area contributed by atoms with Crippen molar-refractivity contribution >= 4 is 11.8 Å². The molecule has 0 bridgehead atoms. The van der Waals surface area contributed by atoms with E-state index in [9.17, 15) is 9.59 Å². The van der Waals surface area contributed by atoms with Crippen LogP contribution in [0, 0.1) is 5.92 Å². The molecule has 3 N–H and O–H groups in total. The Labute approximate surface area is 90.0 Å². The second-order valence-electron chi connectivity index (χ2n) is 4.12. The fourth-order valence-corrected chi connectivity index (χ4v) is 1.31. The van der Waals surface area contributed by atoms with Crippen molar-refractivity contribution in [3.8, 4) is 0 Å². The van der Waals surface area contributed by atoms with Gasteiger partial charge in [0.25, 0.3) is 0 Å². The Morgan fingerprint density at radius 2 is 2.07 bits per heavy atom. The second-order valence-corrected chi connectivity index (χ2v) is 4.12. The van der Waals surface area contributed by atoms with Crippen LogP contribution in [0.25, 0.3) is 0 Å². The van der Waals surface area contributed by atoms with Gasteiger partial charge in [0.05, 0.1) is 5.92 Å². The Morgan fingerprint density at radius 3 is 2.53 bits per heavy atom. The molecule has 15 heavy (non-hydrogen) atoms. The van der Waals surface area contributed by atoms with Gasteiger partial charge in [0, 0.05) is 32.1 Å². The Hall–Kier alpha value is -1.10. The van der Waals surface area contributed by atoms with E-state index in [-0.39, 0.29) is 23.8 Å². The molecule has 1 aliphatic rings. The van der Waals surface area contributed by atoms with E-state index < -0.39 is 0 Å². The number of carbonyl (C=O) groups excluding carboxylic acids is 2. The van der Waals surface area contributed by atoms with Gasteiger partial charge in [0.15, 0.2) is 0 Å². The molecule has 1 heterocycles. The van der Waals surface area contributed by atoms with Crippen molar-refractivity contribution in [2.24, 2.45) is 5.92 Å². The lowest BCUT2D eigenvalue weighted by atomic mass is 10.0. The Balaban J connectivity index is 2.04. The van der Waals surface area contributed by atoms with Crippen LogP contribution in [0.5, 0.6) is 0 Å². The third kappa shape index (κ3) is 4.29. The normalized spacial score (nSPS) is 15.9. The van der Waals surface area contributed by atoms with Gasteiger partial charge in [0.1, 0.15) is 0 Å². The highest BCUT2D eigenvalue weighted by Gasteiger charge is 2.24. The lowest BCUT2D eigenvalue weighted by Gasteiger charge is -2.25. The van der Waals surface area contributed by atoms with Crippen LogP contribution in [0.4, 0.5) is 0 Å². The standard InChI is InChI=1S/C10H19N3O2/c1-7(2)13-9(14)3-4-12-10(15)8-5-11-6-8/h7-8,11H,3-6H2,1-2H3,(H,12,15)(H,13,14). The third-order valence-electron chi connectivity index (χ3n) is 2.25. The zero-order valence-electron chi connectivity index (χ0n) is 9.30. The van der Waals surface area contributed by atoms with Crippen LogP contribution in [-0.4, -0.2) is 37.5 Å². The van der Waals surface area contributed by atoms with Crippen LogP contribution >= 0.6 is 0 Å². The summed E-state index contributed by atoms with van der Waals surface area (Å²) in [6, 6.07) is 0.157. The Bertz CT molecular complexity index is 237. The fraction of sp³-hybridized carbons (Fsp3) is 0.800. The second kappa shape index (κ2) is 5.70. The molecule has 5 nitrogen and oxygen atoms in total. The fourth-order valence-electron chi connectivity index (χ4n) is 1.31. The van der Waals surface area contributed by atoms with E-state index in [1.807, 2.05) is 13.8 Å². The summed E-state index contributed by atoms with van der Waals surface area (Å²) in [5.74, 6) is 0.126. The lowest BCUT2D eigenvalue weighted by molar-refractivity contribution is -0.126. The molecule has 0 aromatic carbocycles. The summed E-state index contributed by atoms with van der Waals surface area (Å²) in [7, 11) is 0. The monoisotopic (exact) mass is 213 g/mol. The molecular formula is C10H19N3O2. The average molecular weight is 213 g/mol. The van der Waals surface area contributed by atoms with E-state index in [1.165, 1.54) is 0 Å². The van der Waals surface area contributed by atoms with Crippen molar-refractivity contribution in [3.63, 3.8) is 0 Å². The zero-order valence-corrected chi connectivity index (χ0v) is 9.30. The molecule has 0 aromatic rings. The predicted molar refractivity (Wildman–Crippen MR) is 57.3 cm³/mol. The van der Waals surface area contributed by atoms with Gasteiger partial charge in [-0.1, -0.05) is 0 Å². The average Bonchev–Trinajstić information content (AvgIpc) is 1.98. The van der Waals surface area contributed by atoms with Crippen molar-refractivity contribution in [1.29, 1.82) is 0 Å². The summed E-state index contributed by atoms with van der Waals surface area (Å²) in [5, 5.41) is 8.55. The quantitative estimate of drug-likeness (QED) is 0.562. The first-order valence-electron chi connectivity index (χ1n) is 5.37. The van der Waals surface area contributed by atoms with E-state index in [0.29, 0.717) is 13.0 Å². The summed E-state index contributed by atoms with van der Waals surface area (Å²) in [5.41, 5.74) is 0. The predicted octanol–water partition coefficient (Wildman–Crippen LogP) is -0.763. The minimum atomic E-state index is -0.0166. The number of rotatable bonds is 5. The molecule has 1 aliphatic heterocycles. The molecule has 0 atom stereocenters. The van der Waals surface area contributed by atoms with Crippen molar-refractivity contribution in [3.05, 3.63) is 0 Å². The van der Waals surface area contributed by atoms with E-state index in [0.717, 1.165) is 13.1 Å². The van der Waals surface area contributed by atoms with E-state index in [2.05, 4.69) is 16.0 Å². The molecule has 5 heteroatoms. The van der Waals surface area contributed by atoms with Gasteiger partial charge in [-0.05, 0) is 13.8 Å². The number of carbonyl (C=O) groups is 2. The van der Waals surface area contributed by atoms with Crippen molar-refractivity contribution in [2.75, 3.05) is 19.6 Å². The number of amides is 2. The molecule has 2 amide bonds. The summed E-state index contributed by atoms with van der Waals surface area (Å²) in [6.45, 7) is 5.76. The first kappa shape index (κ1) is 12.0. The van der Waals surface area contributed by atoms with E-state index in [1.54, 1.807) is 0 Å². The lowest BCUT2D eigenvalue weighted by Crippen LogP contribution is -2.51. The largest absolute Gasteiger partial charge is 0.355 e. The molecule has 0 aliphatic carbocycles. The topological polar surface area (TPSA) is 70.2 Å². The molecular weight excluding hydrogens is 194 g/mol. The maximum absolute atomic E-state index is 11.3. The summed E-state index contributed by atoms with van der Waals surface area (Å²) >= 11 is 0. The molecule has 0 spiro atoms. The highest BCUT2D eigenvalue weighted by atomic mass is 16.2. The number of hydrogen-bond acceptors (Lipinski definition) is 3. The van der Waals surface area contributed by atoms with Crippen LogP contribution in [0.3, 0.4) is 0 Å². The smallest absolute Gasteiger partial charge is 0.225 e. The summed E-state index contributed by atoms with van der Waals surface area (Å²) in [6.07, 6.45) is 0.351. The SMILES string of the molecule is CC(C)NC(=O)CCNC(=O)C1CNC1. The maximum atomic E-state index is 11.3. The molecule has 1 fully saturated rings. The van der Waals surface area contributed by atoms with Crippen LogP contribution < -0.4 is 16.0 Å². The maximum Gasteiger partial charge on any atom is 0.225 e. The summed E-state index contributed by atoms with van der Waals surface area (Å²) in [4.78, 5) is 22.6. The van der Waals surface area contributed by atoms with Crippen LogP contribution in [0.1, 0.15) is 20.3 Å². The summed E-state index contributed by atoms with van der Waals surface area (Å²) < 4.78 is 0. The van der Waals surface area contributed by atoms with Crippen molar-refractivity contribution in [2.45, 2.75) is 26.3 Å². The highest BCUT2D eigenvalue weighted by Crippen LogP contribution is 2.01. The Kier molecular flexibility index (Phi) is 4.55.